The average Bonchev–Trinajstić information content (AvgIpc) is 2.17. The Labute approximate surface area is 80.8 Å². The Morgan fingerprint density at radius 2 is 2.43 bits per heavy atom. The molecule has 5 nitrogen and oxygen atoms in total. The summed E-state index contributed by atoms with van der Waals surface area (Å²) < 4.78 is 5.20. The second-order valence-electron chi connectivity index (χ2n) is 3.13. The summed E-state index contributed by atoms with van der Waals surface area (Å²) in [6.45, 7) is 1.12. The molecule has 1 aromatic rings. The molecule has 14 heavy (non-hydrogen) atoms. The van der Waals surface area contributed by atoms with Crippen LogP contribution in [0.5, 0.6) is 0 Å². The molecule has 0 unspecified atom stereocenters. The van der Waals surface area contributed by atoms with Gasteiger partial charge in [-0.15, -0.1) is 0 Å². The van der Waals surface area contributed by atoms with Gasteiger partial charge in [-0.05, 0) is 0 Å². The van der Waals surface area contributed by atoms with Gasteiger partial charge in [0.1, 0.15) is 0 Å². The number of carbonyl (C=O) groups is 1. The van der Waals surface area contributed by atoms with Crippen molar-refractivity contribution in [3.8, 4) is 0 Å². The van der Waals surface area contributed by atoms with Gasteiger partial charge in [0.05, 0.1) is 36.7 Å². The lowest BCUT2D eigenvalue weighted by Gasteiger charge is -2.14. The number of aromatic nitrogens is 2. The van der Waals surface area contributed by atoms with Crippen molar-refractivity contribution >= 4 is 5.97 Å². The third-order valence-electron chi connectivity index (χ3n) is 2.04. The highest BCUT2D eigenvalue weighted by Gasteiger charge is 2.13. The molecule has 2 heterocycles. The van der Waals surface area contributed by atoms with Gasteiger partial charge in [0.2, 0.25) is 0 Å². The van der Waals surface area contributed by atoms with E-state index in [-0.39, 0.29) is 6.42 Å². The molecule has 1 aliphatic heterocycles. The summed E-state index contributed by atoms with van der Waals surface area (Å²) in [5.41, 5.74) is 2.21. The highest BCUT2D eigenvalue weighted by molar-refractivity contribution is 5.69. The van der Waals surface area contributed by atoms with Gasteiger partial charge in [-0.1, -0.05) is 0 Å². The van der Waals surface area contributed by atoms with E-state index in [0.717, 1.165) is 17.8 Å². The maximum absolute atomic E-state index is 10.4. The number of fused-ring (bicyclic) bond motifs is 1. The highest BCUT2D eigenvalue weighted by atomic mass is 16.5. The minimum atomic E-state index is -0.883. The fourth-order valence-electron chi connectivity index (χ4n) is 1.39. The number of carboxylic acids is 1. The van der Waals surface area contributed by atoms with E-state index in [2.05, 4.69) is 9.97 Å². The molecule has 5 heteroatoms. The Hall–Kier alpha value is -1.49. The second-order valence-corrected chi connectivity index (χ2v) is 3.13. The average molecular weight is 194 g/mol. The van der Waals surface area contributed by atoms with Crippen molar-refractivity contribution in [2.24, 2.45) is 0 Å². The molecule has 1 aromatic heterocycles. The molecular weight excluding hydrogens is 184 g/mol. The van der Waals surface area contributed by atoms with E-state index in [9.17, 15) is 4.79 Å². The van der Waals surface area contributed by atoms with E-state index in [0.29, 0.717) is 18.9 Å². The zero-order valence-electron chi connectivity index (χ0n) is 7.56. The van der Waals surface area contributed by atoms with Crippen molar-refractivity contribution in [3.05, 3.63) is 23.3 Å². The molecule has 0 fully saturated rings. The van der Waals surface area contributed by atoms with Crippen LogP contribution in [0.3, 0.4) is 0 Å². The largest absolute Gasteiger partial charge is 0.481 e. The molecule has 0 atom stereocenters. The number of hydrogen-bond donors (Lipinski definition) is 1. The third kappa shape index (κ3) is 1.88. The molecule has 0 saturated carbocycles. The minimum absolute atomic E-state index is 0.0683. The van der Waals surface area contributed by atoms with Gasteiger partial charge in [0.15, 0.2) is 0 Å². The van der Waals surface area contributed by atoms with Crippen LogP contribution in [-0.4, -0.2) is 27.7 Å². The van der Waals surface area contributed by atoms with Gasteiger partial charge in [-0.3, -0.25) is 14.8 Å². The molecule has 0 bridgehead atoms. The van der Waals surface area contributed by atoms with E-state index in [4.69, 9.17) is 9.84 Å². The van der Waals surface area contributed by atoms with Gasteiger partial charge in [0, 0.05) is 12.6 Å². The zero-order chi connectivity index (χ0) is 9.97. The maximum atomic E-state index is 10.4. The SMILES string of the molecule is O=C(O)Cc1cnc2c(n1)CCOC2. The van der Waals surface area contributed by atoms with Crippen molar-refractivity contribution < 1.29 is 14.6 Å². The van der Waals surface area contributed by atoms with Crippen molar-refractivity contribution in [3.63, 3.8) is 0 Å². The minimum Gasteiger partial charge on any atom is -0.481 e. The van der Waals surface area contributed by atoms with Crippen LogP contribution in [0.4, 0.5) is 0 Å². The number of ether oxygens (including phenoxy) is 1. The summed E-state index contributed by atoms with van der Waals surface area (Å²) >= 11 is 0. The summed E-state index contributed by atoms with van der Waals surface area (Å²) in [7, 11) is 0. The van der Waals surface area contributed by atoms with Crippen LogP contribution < -0.4 is 0 Å². The van der Waals surface area contributed by atoms with Crippen molar-refractivity contribution in [2.45, 2.75) is 19.4 Å². The summed E-state index contributed by atoms with van der Waals surface area (Å²) in [5, 5.41) is 8.58. The van der Waals surface area contributed by atoms with E-state index in [1.54, 1.807) is 0 Å². The lowest BCUT2D eigenvalue weighted by Crippen LogP contribution is -2.15. The monoisotopic (exact) mass is 194 g/mol. The number of hydrogen-bond acceptors (Lipinski definition) is 4. The van der Waals surface area contributed by atoms with Crippen LogP contribution in [-0.2, 0) is 29.0 Å². The number of aliphatic carboxylic acids is 1. The first-order chi connectivity index (χ1) is 6.75. The Morgan fingerprint density at radius 3 is 3.21 bits per heavy atom. The van der Waals surface area contributed by atoms with Crippen LogP contribution in [0.1, 0.15) is 17.1 Å². The number of carboxylic acid groups (broad SMARTS) is 1. The molecule has 0 saturated heterocycles. The van der Waals surface area contributed by atoms with E-state index < -0.39 is 5.97 Å². The summed E-state index contributed by atoms with van der Waals surface area (Å²) in [5.74, 6) is -0.883. The second kappa shape index (κ2) is 3.71. The number of nitrogens with zero attached hydrogens (tertiary/aromatic N) is 2. The topological polar surface area (TPSA) is 72.3 Å². The van der Waals surface area contributed by atoms with Gasteiger partial charge in [-0.25, -0.2) is 0 Å². The first kappa shape index (κ1) is 9.08. The molecule has 0 aromatic carbocycles. The van der Waals surface area contributed by atoms with Gasteiger partial charge < -0.3 is 9.84 Å². The zero-order valence-corrected chi connectivity index (χ0v) is 7.56. The van der Waals surface area contributed by atoms with Crippen LogP contribution in [0.2, 0.25) is 0 Å². The predicted molar refractivity (Wildman–Crippen MR) is 46.7 cm³/mol. The Morgan fingerprint density at radius 1 is 1.57 bits per heavy atom. The summed E-state index contributed by atoms with van der Waals surface area (Å²) in [4.78, 5) is 18.8. The first-order valence-electron chi connectivity index (χ1n) is 4.39. The summed E-state index contributed by atoms with van der Waals surface area (Å²) in [6, 6.07) is 0. The van der Waals surface area contributed by atoms with Crippen LogP contribution >= 0.6 is 0 Å². The molecular formula is C9H10N2O3. The fourth-order valence-corrected chi connectivity index (χ4v) is 1.39. The van der Waals surface area contributed by atoms with Crippen LogP contribution in [0.15, 0.2) is 6.20 Å². The molecule has 0 radical (unpaired) electrons. The molecule has 0 spiro atoms. The normalized spacial score (nSPS) is 14.9. The van der Waals surface area contributed by atoms with Gasteiger partial charge >= 0.3 is 5.97 Å². The van der Waals surface area contributed by atoms with Crippen molar-refractivity contribution in [1.29, 1.82) is 0 Å². The first-order valence-corrected chi connectivity index (χ1v) is 4.39. The molecule has 0 aliphatic carbocycles. The van der Waals surface area contributed by atoms with E-state index in [1.807, 2.05) is 0 Å². The molecule has 1 aliphatic rings. The van der Waals surface area contributed by atoms with Crippen molar-refractivity contribution in [2.75, 3.05) is 6.61 Å². The standard InChI is InChI=1S/C9H10N2O3/c12-9(13)3-6-4-10-8-5-14-2-1-7(8)11-6/h4H,1-3,5H2,(H,12,13). The third-order valence-corrected chi connectivity index (χ3v) is 2.04. The number of rotatable bonds is 2. The lowest BCUT2D eigenvalue weighted by atomic mass is 10.2. The highest BCUT2D eigenvalue weighted by Crippen LogP contribution is 2.12. The predicted octanol–water partition coefficient (Wildman–Crippen LogP) is 0.176. The van der Waals surface area contributed by atoms with Crippen LogP contribution in [0.25, 0.3) is 0 Å². The van der Waals surface area contributed by atoms with Gasteiger partial charge in [0.25, 0.3) is 0 Å². The smallest absolute Gasteiger partial charge is 0.309 e. The van der Waals surface area contributed by atoms with E-state index in [1.165, 1.54) is 6.20 Å². The molecule has 2 rings (SSSR count). The Kier molecular flexibility index (Phi) is 2.41. The van der Waals surface area contributed by atoms with Crippen LogP contribution in [0, 0.1) is 0 Å². The van der Waals surface area contributed by atoms with Crippen molar-refractivity contribution in [1.82, 2.24) is 9.97 Å². The summed E-state index contributed by atoms with van der Waals surface area (Å²) in [6.07, 6.45) is 2.15. The molecule has 1 N–H and O–H groups in total. The maximum Gasteiger partial charge on any atom is 0.309 e. The molecule has 0 amide bonds. The quantitative estimate of drug-likeness (QED) is 0.726. The molecule has 74 valence electrons. The lowest BCUT2D eigenvalue weighted by molar-refractivity contribution is -0.136. The fraction of sp³-hybridized carbons (Fsp3) is 0.444. The van der Waals surface area contributed by atoms with E-state index >= 15 is 0 Å². The van der Waals surface area contributed by atoms with Gasteiger partial charge in [-0.2, -0.15) is 0 Å². The Balaban J connectivity index is 2.24. The Bertz CT molecular complexity index is 365.